The van der Waals surface area contributed by atoms with Gasteiger partial charge in [-0.1, -0.05) is 166 Å². The van der Waals surface area contributed by atoms with Gasteiger partial charge in [-0.15, -0.1) is 0 Å². The Labute approximate surface area is 572 Å². The van der Waals surface area contributed by atoms with Crippen molar-refractivity contribution in [3.63, 3.8) is 0 Å². The number of fused-ring (bicyclic) bond motifs is 8. The van der Waals surface area contributed by atoms with Crippen molar-refractivity contribution >= 4 is 62.8 Å². The predicted octanol–water partition coefficient (Wildman–Crippen LogP) is 17.6. The van der Waals surface area contributed by atoms with E-state index in [1.54, 1.807) is 0 Å². The molecule has 0 saturated carbocycles. The molecule has 3 atom stereocenters. The molecule has 1 aliphatic rings. The first-order valence-electron chi connectivity index (χ1n) is 32.5. The molecule has 486 valence electrons. The van der Waals surface area contributed by atoms with Crippen LogP contribution in [0.4, 0.5) is 41.9 Å². The summed E-state index contributed by atoms with van der Waals surface area (Å²) >= 11 is 3.51. The lowest BCUT2D eigenvalue weighted by Crippen LogP contribution is -2.31. The first-order chi connectivity index (χ1) is 47.2. The number of anilines is 4. The minimum absolute atomic E-state index is 0.233. The van der Waals surface area contributed by atoms with E-state index in [1.807, 2.05) is 173 Å². The number of rotatable bonds is 16. The normalized spacial score (nSPS) is 15.1. The summed E-state index contributed by atoms with van der Waals surface area (Å²) in [6.07, 6.45) is 0. The van der Waals surface area contributed by atoms with E-state index in [2.05, 4.69) is 175 Å². The number of H-pyrrole nitrogens is 4. The Morgan fingerprint density at radius 3 is 0.804 bits per heavy atom. The van der Waals surface area contributed by atoms with Crippen molar-refractivity contribution in [1.82, 2.24) is 41.2 Å². The van der Waals surface area contributed by atoms with Crippen LogP contribution in [0.2, 0.25) is 0 Å². The van der Waals surface area contributed by atoms with Gasteiger partial charge in [0.15, 0.2) is 0 Å². The van der Waals surface area contributed by atoms with Crippen LogP contribution < -0.4 is 42.5 Å². The summed E-state index contributed by atoms with van der Waals surface area (Å²) < 4.78 is 0.963. The maximum absolute atomic E-state index is 13.5. The smallest absolute Gasteiger partial charge is 0.319 e. The summed E-state index contributed by atoms with van der Waals surface area (Å²) in [4.78, 5) is 69.2. The van der Waals surface area contributed by atoms with E-state index in [1.165, 1.54) is 0 Å². The Morgan fingerprint density at radius 2 is 0.557 bits per heavy atom. The highest BCUT2D eigenvalue weighted by molar-refractivity contribution is 9.10. The van der Waals surface area contributed by atoms with Crippen LogP contribution in [0.1, 0.15) is 143 Å². The Morgan fingerprint density at radius 1 is 0.320 bits per heavy atom. The van der Waals surface area contributed by atoms with Crippen molar-refractivity contribution in [2.75, 3.05) is 21.3 Å². The van der Waals surface area contributed by atoms with E-state index >= 15 is 0 Å². The third-order valence-electron chi connectivity index (χ3n) is 17.9. The highest BCUT2D eigenvalue weighted by atomic mass is 79.9. The minimum Gasteiger partial charge on any atom is -0.361 e. The monoisotopic (exact) mass is 1350 g/mol. The molecule has 0 fully saturated rings. The number of hydrogen-bond donors (Lipinski definition) is 12. The number of hydrogen-bond acceptors (Lipinski definition) is 4. The van der Waals surface area contributed by atoms with E-state index in [0.717, 1.165) is 111 Å². The van der Waals surface area contributed by atoms with Gasteiger partial charge in [-0.25, -0.2) is 19.2 Å². The molecule has 4 aromatic heterocycles. The lowest BCUT2D eigenvalue weighted by Gasteiger charge is -2.21. The lowest BCUT2D eigenvalue weighted by molar-refractivity contribution is 0.249. The van der Waals surface area contributed by atoms with Crippen molar-refractivity contribution in [3.05, 3.63) is 354 Å². The summed E-state index contributed by atoms with van der Waals surface area (Å²) in [7, 11) is 0. The first-order valence-corrected chi connectivity index (χ1v) is 33.3. The first kappa shape index (κ1) is 64.2. The predicted molar refractivity (Wildman–Crippen MR) is 389 cm³/mol. The second kappa shape index (κ2) is 29.0. The number of benzene rings is 8. The van der Waals surface area contributed by atoms with Gasteiger partial charge in [-0.3, -0.25) is 0 Å². The summed E-state index contributed by atoms with van der Waals surface area (Å²) in [5.74, 6) is -1.41. The third kappa shape index (κ3) is 15.7. The van der Waals surface area contributed by atoms with Gasteiger partial charge < -0.3 is 62.5 Å². The fraction of sp³-hybridized carbons (Fsp3) is 0.150. The molecule has 13 rings (SSSR count). The number of carbonyl (C=O) groups excluding carboxylic acids is 4. The van der Waals surface area contributed by atoms with Gasteiger partial charge in [0.05, 0.1) is 29.7 Å². The Balaban J connectivity index is 0.863. The number of halogens is 1. The van der Waals surface area contributed by atoms with Gasteiger partial charge in [-0.05, 0) is 181 Å². The molecule has 8 bridgehead atoms. The SMILES string of the molecule is Cc1ccc(CNC(=O)Nc2ccc(C3c4ccc([nH]4)C(c4ccc(NC(=O)NCc5ccc(C)cc5)cc4)c4ccc([nH]4)C(c4ccc(NC(=O)N[C@@H](C)c5ccc(Br)cc5)cc4)c4ccc([nH]4)C(c4ccc(NC(=O)NCc5ccc(C)cc5)cc4)c4ccc3[nH]4)cc2)cc1. The zero-order chi connectivity index (χ0) is 66.9. The van der Waals surface area contributed by atoms with Crippen molar-refractivity contribution < 1.29 is 19.2 Å². The molecule has 12 N–H and O–H groups in total. The number of amides is 8. The van der Waals surface area contributed by atoms with Crippen LogP contribution >= 0.6 is 15.9 Å². The molecule has 12 aromatic rings. The molecule has 0 saturated heterocycles. The van der Waals surface area contributed by atoms with Gasteiger partial charge in [0.2, 0.25) is 0 Å². The molecule has 97 heavy (non-hydrogen) atoms. The van der Waals surface area contributed by atoms with Crippen LogP contribution in [-0.4, -0.2) is 44.1 Å². The van der Waals surface area contributed by atoms with Crippen LogP contribution in [0.5, 0.6) is 0 Å². The summed E-state index contributed by atoms with van der Waals surface area (Å²) in [5, 5.41) is 24.2. The topological polar surface area (TPSA) is 228 Å². The number of carbonyl (C=O) groups is 4. The maximum Gasteiger partial charge on any atom is 0.319 e. The van der Waals surface area contributed by atoms with Crippen molar-refractivity contribution in [2.24, 2.45) is 0 Å². The van der Waals surface area contributed by atoms with Crippen LogP contribution in [0, 0.1) is 20.8 Å². The van der Waals surface area contributed by atoms with Gasteiger partial charge >= 0.3 is 24.1 Å². The summed E-state index contributed by atoms with van der Waals surface area (Å²) in [6, 6.07) is 79.7. The van der Waals surface area contributed by atoms with Gasteiger partial charge in [0.25, 0.3) is 0 Å². The van der Waals surface area contributed by atoms with Crippen LogP contribution in [0.25, 0.3) is 0 Å². The van der Waals surface area contributed by atoms with Crippen LogP contribution in [0.3, 0.4) is 0 Å². The van der Waals surface area contributed by atoms with Gasteiger partial charge in [0.1, 0.15) is 0 Å². The second-order valence-electron chi connectivity index (χ2n) is 24.9. The van der Waals surface area contributed by atoms with E-state index in [0.29, 0.717) is 42.4 Å². The molecule has 1 aliphatic heterocycles. The minimum atomic E-state index is -0.355. The highest BCUT2D eigenvalue weighted by Crippen LogP contribution is 2.42. The standard InChI is InChI=1S/C80H75BrN12O4/c1-48-5-11-52(12-6-48)45-82-77(94)86-61-29-19-56(20-30-61)73-65-37-39-67(90-65)74(57-21-31-62(32-22-57)87-78(95)83-46-53-13-7-49(2)8-14-53)69-41-43-71(92-69)76(59-25-35-64(36-26-59)89-80(97)85-51(4)55-17-27-60(81)28-18-55)72-44-42-70(93-72)75(68-40-38-66(73)91-68)58-23-33-63(34-24-58)88-79(96)84-47-54-15-9-50(3)10-16-54/h5-44,51,73-76,90-93H,45-47H2,1-4H3,(H2,82,86,94)(H2,83,87,95)(H2,84,88,96)(H2,85,89,97)/t51-,73?,74?,75?,76?/m0/s1. The summed E-state index contributed by atoms with van der Waals surface area (Å²) in [5.41, 5.74) is 21.2. The van der Waals surface area contributed by atoms with E-state index in [-0.39, 0.29) is 53.8 Å². The van der Waals surface area contributed by atoms with Gasteiger partial charge in [-0.2, -0.15) is 0 Å². The Kier molecular flexibility index (Phi) is 19.2. The molecule has 8 amide bonds. The number of aromatic amines is 4. The molecule has 0 radical (unpaired) electrons. The molecular formula is C80H75BrN12O4. The molecule has 16 nitrogen and oxygen atoms in total. The van der Waals surface area contributed by atoms with Crippen LogP contribution in [-0.2, 0) is 19.6 Å². The van der Waals surface area contributed by atoms with Crippen molar-refractivity contribution in [1.29, 1.82) is 0 Å². The average molecular weight is 1350 g/mol. The largest absolute Gasteiger partial charge is 0.361 e. The molecule has 2 unspecified atom stereocenters. The zero-order valence-electron chi connectivity index (χ0n) is 54.1. The second-order valence-corrected chi connectivity index (χ2v) is 25.9. The molecule has 0 aliphatic carbocycles. The molecule has 8 aromatic carbocycles. The number of nitrogens with one attached hydrogen (secondary N) is 12. The van der Waals surface area contributed by atoms with Gasteiger partial charge in [0, 0.05) is 92.4 Å². The number of aryl methyl sites for hydroxylation is 3. The zero-order valence-corrected chi connectivity index (χ0v) is 55.7. The quantitative estimate of drug-likeness (QED) is 0.0453. The molecule has 5 heterocycles. The van der Waals surface area contributed by atoms with E-state index in [9.17, 15) is 19.2 Å². The van der Waals surface area contributed by atoms with Crippen molar-refractivity contribution in [2.45, 2.75) is 77.0 Å². The third-order valence-corrected chi connectivity index (χ3v) is 18.4. The average Bonchev–Trinajstić information content (AvgIpc) is 1.63. The molecule has 17 heteroatoms. The van der Waals surface area contributed by atoms with Crippen molar-refractivity contribution in [3.8, 4) is 0 Å². The van der Waals surface area contributed by atoms with E-state index < -0.39 is 0 Å². The molecular weight excluding hydrogens is 1270 g/mol. The summed E-state index contributed by atoms with van der Waals surface area (Å²) in [6.45, 7) is 9.22. The fourth-order valence-corrected chi connectivity index (χ4v) is 12.9. The number of urea groups is 4. The Hall–Kier alpha value is -11.6. The Bertz CT molecular complexity index is 4500. The fourth-order valence-electron chi connectivity index (χ4n) is 12.6. The van der Waals surface area contributed by atoms with E-state index in [4.69, 9.17) is 0 Å². The van der Waals surface area contributed by atoms with Crippen LogP contribution in [0.15, 0.2) is 247 Å². The highest BCUT2D eigenvalue weighted by Gasteiger charge is 2.31. The maximum atomic E-state index is 13.5. The lowest BCUT2D eigenvalue weighted by atomic mass is 9.92. The number of aromatic nitrogens is 4. The molecule has 0 spiro atoms.